The predicted molar refractivity (Wildman–Crippen MR) is 63.6 cm³/mol. The minimum atomic E-state index is 0.00260. The Bertz CT molecular complexity index is 283. The molecule has 0 aliphatic carbocycles. The molecule has 1 fully saturated rings. The molecule has 17 heavy (non-hydrogen) atoms. The first kappa shape index (κ1) is 13.9. The van der Waals surface area contributed by atoms with Crippen LogP contribution < -0.4 is 5.32 Å². The van der Waals surface area contributed by atoms with Gasteiger partial charge >= 0.3 is 0 Å². The van der Waals surface area contributed by atoms with Crippen LogP contribution in [-0.4, -0.2) is 74.6 Å². The largest absolute Gasteiger partial charge is 0.383 e. The van der Waals surface area contributed by atoms with E-state index in [1.807, 2.05) is 14.0 Å². The summed E-state index contributed by atoms with van der Waals surface area (Å²) in [5, 5.41) is 3.07. The van der Waals surface area contributed by atoms with Gasteiger partial charge in [-0.25, -0.2) is 0 Å². The van der Waals surface area contributed by atoms with Crippen molar-refractivity contribution in [3.63, 3.8) is 0 Å². The van der Waals surface area contributed by atoms with Crippen molar-refractivity contribution in [3.05, 3.63) is 0 Å². The van der Waals surface area contributed by atoms with Gasteiger partial charge in [-0.05, 0) is 14.0 Å². The summed E-state index contributed by atoms with van der Waals surface area (Å²) >= 11 is 0. The fraction of sp³-hybridized carbons (Fsp3) is 0.818. The van der Waals surface area contributed by atoms with E-state index in [1.54, 1.807) is 16.9 Å². The zero-order valence-electron chi connectivity index (χ0n) is 10.7. The SMILES string of the molecule is CCN1CC(=O)N(CC(COC)NC)CC1=O. The van der Waals surface area contributed by atoms with Gasteiger partial charge in [0, 0.05) is 26.2 Å². The average molecular weight is 243 g/mol. The van der Waals surface area contributed by atoms with E-state index in [1.165, 1.54) is 0 Å². The summed E-state index contributed by atoms with van der Waals surface area (Å²) in [7, 11) is 3.44. The molecule has 0 aromatic rings. The molecular formula is C11H21N3O3. The molecule has 0 spiro atoms. The maximum atomic E-state index is 11.8. The second kappa shape index (κ2) is 6.56. The molecule has 0 aromatic heterocycles. The first-order valence-electron chi connectivity index (χ1n) is 5.84. The smallest absolute Gasteiger partial charge is 0.242 e. The number of ether oxygens (including phenoxy) is 1. The molecule has 1 N–H and O–H groups in total. The highest BCUT2D eigenvalue weighted by atomic mass is 16.5. The van der Waals surface area contributed by atoms with E-state index >= 15 is 0 Å². The molecule has 1 aliphatic heterocycles. The molecule has 1 saturated heterocycles. The number of hydrogen-bond donors (Lipinski definition) is 1. The second-order valence-corrected chi connectivity index (χ2v) is 4.12. The number of methoxy groups -OCH3 is 1. The Morgan fingerprint density at radius 2 is 1.88 bits per heavy atom. The van der Waals surface area contributed by atoms with Crippen molar-refractivity contribution in [2.24, 2.45) is 0 Å². The molecule has 1 rings (SSSR count). The highest BCUT2D eigenvalue weighted by Gasteiger charge is 2.29. The van der Waals surface area contributed by atoms with Crippen molar-refractivity contribution in [3.8, 4) is 0 Å². The number of carbonyl (C=O) groups excluding carboxylic acids is 2. The van der Waals surface area contributed by atoms with E-state index in [-0.39, 0.29) is 30.9 Å². The first-order valence-corrected chi connectivity index (χ1v) is 5.84. The molecule has 6 nitrogen and oxygen atoms in total. The number of rotatable bonds is 6. The maximum absolute atomic E-state index is 11.8. The fourth-order valence-corrected chi connectivity index (χ4v) is 1.85. The van der Waals surface area contributed by atoms with Gasteiger partial charge in [-0.15, -0.1) is 0 Å². The Hall–Kier alpha value is -1.14. The standard InChI is InChI=1S/C11H21N3O3/c1-4-13-6-11(16)14(7-10(13)15)5-9(12-2)8-17-3/h9,12H,4-8H2,1-3H3. The Morgan fingerprint density at radius 3 is 2.41 bits per heavy atom. The lowest BCUT2D eigenvalue weighted by molar-refractivity contribution is -0.150. The zero-order chi connectivity index (χ0) is 12.8. The van der Waals surface area contributed by atoms with Crippen LogP contribution in [0.5, 0.6) is 0 Å². The van der Waals surface area contributed by atoms with Crippen LogP contribution in [0.25, 0.3) is 0 Å². The number of carbonyl (C=O) groups is 2. The number of nitrogens with zero attached hydrogens (tertiary/aromatic N) is 2. The summed E-state index contributed by atoms with van der Waals surface area (Å²) in [4.78, 5) is 26.7. The summed E-state index contributed by atoms with van der Waals surface area (Å²) in [6, 6.07) is 0.0601. The van der Waals surface area contributed by atoms with E-state index in [4.69, 9.17) is 4.74 Å². The molecule has 6 heteroatoms. The third-order valence-corrected chi connectivity index (χ3v) is 2.96. The lowest BCUT2D eigenvalue weighted by Crippen LogP contribution is -2.56. The summed E-state index contributed by atoms with van der Waals surface area (Å²) in [6.07, 6.45) is 0. The summed E-state index contributed by atoms with van der Waals surface area (Å²) in [5.41, 5.74) is 0. The van der Waals surface area contributed by atoms with E-state index < -0.39 is 0 Å². The number of likely N-dealkylation sites (N-methyl/N-ethyl adjacent to an activating group) is 2. The van der Waals surface area contributed by atoms with Gasteiger partial charge in [0.2, 0.25) is 11.8 Å². The monoisotopic (exact) mass is 243 g/mol. The van der Waals surface area contributed by atoms with Crippen LogP contribution in [-0.2, 0) is 14.3 Å². The van der Waals surface area contributed by atoms with Crippen LogP contribution in [0, 0.1) is 0 Å². The van der Waals surface area contributed by atoms with E-state index in [9.17, 15) is 9.59 Å². The third-order valence-electron chi connectivity index (χ3n) is 2.96. The number of nitrogens with one attached hydrogen (secondary N) is 1. The van der Waals surface area contributed by atoms with Gasteiger partial charge in [-0.1, -0.05) is 0 Å². The van der Waals surface area contributed by atoms with Crippen molar-refractivity contribution >= 4 is 11.8 Å². The minimum absolute atomic E-state index is 0.00260. The van der Waals surface area contributed by atoms with Gasteiger partial charge in [0.25, 0.3) is 0 Å². The van der Waals surface area contributed by atoms with Crippen LogP contribution in [0.4, 0.5) is 0 Å². The second-order valence-electron chi connectivity index (χ2n) is 4.12. The lowest BCUT2D eigenvalue weighted by Gasteiger charge is -2.35. The van der Waals surface area contributed by atoms with Crippen LogP contribution in [0.1, 0.15) is 6.92 Å². The molecule has 0 aromatic carbocycles. The van der Waals surface area contributed by atoms with Gasteiger partial charge in [0.15, 0.2) is 0 Å². The number of amides is 2. The lowest BCUT2D eigenvalue weighted by atomic mass is 10.2. The van der Waals surface area contributed by atoms with Crippen molar-refractivity contribution in [1.82, 2.24) is 15.1 Å². The Labute approximate surface area is 102 Å². The molecule has 1 atom stereocenters. The van der Waals surface area contributed by atoms with Gasteiger partial charge < -0.3 is 19.9 Å². The highest BCUT2D eigenvalue weighted by molar-refractivity contribution is 5.92. The van der Waals surface area contributed by atoms with Crippen molar-refractivity contribution < 1.29 is 14.3 Å². The van der Waals surface area contributed by atoms with Gasteiger partial charge in [-0.3, -0.25) is 9.59 Å². The molecule has 2 amide bonds. The van der Waals surface area contributed by atoms with Crippen LogP contribution >= 0.6 is 0 Å². The predicted octanol–water partition coefficient (Wildman–Crippen LogP) is -1.09. The first-order chi connectivity index (χ1) is 8.12. The number of hydrogen-bond acceptors (Lipinski definition) is 4. The molecule has 1 unspecified atom stereocenters. The summed E-state index contributed by atoms with van der Waals surface area (Å²) < 4.78 is 5.04. The topological polar surface area (TPSA) is 61.9 Å². The molecule has 1 heterocycles. The molecule has 98 valence electrons. The molecule has 0 saturated carbocycles. The average Bonchev–Trinajstić information content (AvgIpc) is 2.32. The Morgan fingerprint density at radius 1 is 1.29 bits per heavy atom. The fourth-order valence-electron chi connectivity index (χ4n) is 1.85. The summed E-state index contributed by atoms with van der Waals surface area (Å²) in [5.74, 6) is 0.0159. The van der Waals surface area contributed by atoms with Crippen LogP contribution in [0.2, 0.25) is 0 Å². The van der Waals surface area contributed by atoms with Gasteiger partial charge in [0.05, 0.1) is 19.7 Å². The van der Waals surface area contributed by atoms with Crippen LogP contribution in [0.3, 0.4) is 0 Å². The zero-order valence-corrected chi connectivity index (χ0v) is 10.7. The Kier molecular flexibility index (Phi) is 5.37. The van der Waals surface area contributed by atoms with E-state index in [0.717, 1.165) is 0 Å². The van der Waals surface area contributed by atoms with Crippen LogP contribution in [0.15, 0.2) is 0 Å². The van der Waals surface area contributed by atoms with Crippen molar-refractivity contribution in [1.29, 1.82) is 0 Å². The quantitative estimate of drug-likeness (QED) is 0.644. The molecule has 0 bridgehead atoms. The Balaban J connectivity index is 2.54. The molecule has 0 radical (unpaired) electrons. The molecular weight excluding hydrogens is 222 g/mol. The highest BCUT2D eigenvalue weighted by Crippen LogP contribution is 2.05. The third kappa shape index (κ3) is 3.67. The van der Waals surface area contributed by atoms with Crippen molar-refractivity contribution in [2.45, 2.75) is 13.0 Å². The number of piperazine rings is 1. The minimum Gasteiger partial charge on any atom is -0.383 e. The van der Waals surface area contributed by atoms with Gasteiger partial charge in [-0.2, -0.15) is 0 Å². The van der Waals surface area contributed by atoms with E-state index in [2.05, 4.69) is 5.32 Å². The van der Waals surface area contributed by atoms with E-state index in [0.29, 0.717) is 19.7 Å². The molecule has 1 aliphatic rings. The van der Waals surface area contributed by atoms with Crippen molar-refractivity contribution in [2.75, 3.05) is 46.9 Å². The van der Waals surface area contributed by atoms with Gasteiger partial charge in [0.1, 0.15) is 0 Å². The normalized spacial score (nSPS) is 18.8. The maximum Gasteiger partial charge on any atom is 0.242 e. The summed E-state index contributed by atoms with van der Waals surface area (Å²) in [6.45, 7) is 3.86.